The maximum Gasteiger partial charge on any atom is 0.188 e. The first-order valence-electron chi connectivity index (χ1n) is 5.85. The second-order valence-electron chi connectivity index (χ2n) is 4.06. The molecule has 0 aliphatic rings. The molecule has 3 N–H and O–H groups in total. The number of halogens is 1. The second kappa shape index (κ2) is 8.97. The molecule has 0 saturated carbocycles. The van der Waals surface area contributed by atoms with E-state index in [0.717, 1.165) is 6.42 Å². The van der Waals surface area contributed by atoms with E-state index < -0.39 is 0 Å². The second-order valence-corrected chi connectivity index (χ2v) is 4.06. The molecule has 0 aromatic heterocycles. The molecule has 0 unspecified atom stereocenters. The van der Waals surface area contributed by atoms with Gasteiger partial charge in [-0.25, -0.2) is 0 Å². The molecular formula is C14H22IN3. The fourth-order valence-electron chi connectivity index (χ4n) is 1.76. The van der Waals surface area contributed by atoms with E-state index in [1.807, 2.05) is 0 Å². The highest BCUT2D eigenvalue weighted by Crippen LogP contribution is 2.13. The fraction of sp³-hybridized carbons (Fsp3) is 0.357. The Hall–Kier alpha value is -1.04. The smallest absolute Gasteiger partial charge is 0.188 e. The van der Waals surface area contributed by atoms with Crippen molar-refractivity contribution in [2.24, 2.45) is 10.7 Å². The number of guanidine groups is 1. The average molecular weight is 359 g/mol. The first-order chi connectivity index (χ1) is 8.15. The van der Waals surface area contributed by atoms with E-state index in [-0.39, 0.29) is 24.0 Å². The topological polar surface area (TPSA) is 50.4 Å². The molecule has 0 radical (unpaired) electrons. The van der Waals surface area contributed by atoms with Gasteiger partial charge >= 0.3 is 0 Å². The summed E-state index contributed by atoms with van der Waals surface area (Å²) in [6.45, 7) is 9.23. The Bertz CT molecular complexity index is 393. The van der Waals surface area contributed by atoms with Crippen molar-refractivity contribution in [3.05, 3.63) is 47.5 Å². The third kappa shape index (κ3) is 5.53. The van der Waals surface area contributed by atoms with Crippen molar-refractivity contribution in [2.75, 3.05) is 13.1 Å². The van der Waals surface area contributed by atoms with Gasteiger partial charge in [0.05, 0.1) is 0 Å². The predicted octanol–water partition coefficient (Wildman–Crippen LogP) is 2.55. The maximum atomic E-state index is 5.69. The van der Waals surface area contributed by atoms with Crippen LogP contribution in [0.3, 0.4) is 0 Å². The first-order valence-corrected chi connectivity index (χ1v) is 5.85. The van der Waals surface area contributed by atoms with E-state index in [2.05, 4.69) is 48.9 Å². The maximum absolute atomic E-state index is 5.69. The number of nitrogens with two attached hydrogens (primary N) is 1. The summed E-state index contributed by atoms with van der Waals surface area (Å²) in [6.07, 6.45) is 2.68. The number of aliphatic imine (C=N–C) groups is 1. The lowest BCUT2D eigenvalue weighted by molar-refractivity contribution is 0.916. The lowest BCUT2D eigenvalue weighted by Gasteiger charge is -2.08. The molecule has 4 heteroatoms. The summed E-state index contributed by atoms with van der Waals surface area (Å²) in [5.74, 6) is 0.483. The van der Waals surface area contributed by atoms with Gasteiger partial charge in [-0.05, 0) is 37.0 Å². The number of hydrogen-bond donors (Lipinski definition) is 2. The molecule has 3 nitrogen and oxygen atoms in total. The highest BCUT2D eigenvalue weighted by atomic mass is 127. The number of hydrogen-bond acceptors (Lipinski definition) is 1. The molecular weight excluding hydrogens is 337 g/mol. The van der Waals surface area contributed by atoms with Crippen LogP contribution in [0.2, 0.25) is 0 Å². The molecule has 0 fully saturated rings. The molecule has 1 aromatic carbocycles. The van der Waals surface area contributed by atoms with Gasteiger partial charge in [0.1, 0.15) is 0 Å². The Balaban J connectivity index is 0.00000289. The lowest BCUT2D eigenvalue weighted by atomic mass is 10.0. The number of aryl methyl sites for hydroxylation is 2. The number of nitrogens with zero attached hydrogens (tertiary/aromatic N) is 1. The van der Waals surface area contributed by atoms with E-state index in [4.69, 9.17) is 5.73 Å². The van der Waals surface area contributed by atoms with Gasteiger partial charge in [-0.1, -0.05) is 24.3 Å². The summed E-state index contributed by atoms with van der Waals surface area (Å²) in [5, 5.41) is 2.96. The minimum Gasteiger partial charge on any atom is -0.370 e. The van der Waals surface area contributed by atoms with Crippen molar-refractivity contribution < 1.29 is 0 Å². The fourth-order valence-corrected chi connectivity index (χ4v) is 1.76. The zero-order chi connectivity index (χ0) is 12.7. The van der Waals surface area contributed by atoms with Crippen LogP contribution < -0.4 is 11.1 Å². The largest absolute Gasteiger partial charge is 0.370 e. The van der Waals surface area contributed by atoms with E-state index >= 15 is 0 Å². The highest BCUT2D eigenvalue weighted by Gasteiger charge is 2.01. The van der Waals surface area contributed by atoms with Crippen LogP contribution >= 0.6 is 24.0 Å². The normalized spacial score (nSPS) is 10.7. The molecule has 0 bridgehead atoms. The minimum absolute atomic E-state index is 0. The molecule has 18 heavy (non-hydrogen) atoms. The van der Waals surface area contributed by atoms with Crippen molar-refractivity contribution in [3.8, 4) is 0 Å². The number of nitrogens with one attached hydrogen (secondary N) is 1. The Kier molecular flexibility index (Phi) is 8.45. The van der Waals surface area contributed by atoms with Crippen molar-refractivity contribution >= 4 is 29.9 Å². The molecule has 0 spiro atoms. The average Bonchev–Trinajstić information content (AvgIpc) is 2.30. The summed E-state index contributed by atoms with van der Waals surface area (Å²) in [7, 11) is 0. The zero-order valence-electron chi connectivity index (χ0n) is 11.1. The number of benzene rings is 1. The third-order valence-electron chi connectivity index (χ3n) is 2.72. The van der Waals surface area contributed by atoms with Crippen LogP contribution in [0, 0.1) is 13.8 Å². The van der Waals surface area contributed by atoms with Crippen LogP contribution in [0.1, 0.15) is 16.7 Å². The van der Waals surface area contributed by atoms with Crippen LogP contribution in [0.4, 0.5) is 0 Å². The van der Waals surface area contributed by atoms with Crippen molar-refractivity contribution in [3.63, 3.8) is 0 Å². The van der Waals surface area contributed by atoms with E-state index in [1.54, 1.807) is 6.08 Å². The van der Waals surface area contributed by atoms with Crippen molar-refractivity contribution in [1.29, 1.82) is 0 Å². The Morgan fingerprint density at radius 2 is 2.00 bits per heavy atom. The summed E-state index contributed by atoms with van der Waals surface area (Å²) < 4.78 is 0. The highest BCUT2D eigenvalue weighted by molar-refractivity contribution is 14.0. The Labute approximate surface area is 127 Å². The van der Waals surface area contributed by atoms with Crippen LogP contribution in [-0.2, 0) is 6.42 Å². The van der Waals surface area contributed by atoms with Gasteiger partial charge in [0.15, 0.2) is 5.96 Å². The van der Waals surface area contributed by atoms with Crippen molar-refractivity contribution in [2.45, 2.75) is 20.3 Å². The van der Waals surface area contributed by atoms with E-state index in [0.29, 0.717) is 19.0 Å². The SMILES string of the molecule is C=CCNC(N)=NCCc1c(C)cccc1C.I. The van der Waals surface area contributed by atoms with Crippen LogP contribution in [0.15, 0.2) is 35.8 Å². The zero-order valence-corrected chi connectivity index (χ0v) is 13.4. The summed E-state index contributed by atoms with van der Waals surface area (Å²) in [6, 6.07) is 6.34. The Morgan fingerprint density at radius 3 is 2.56 bits per heavy atom. The molecule has 0 aliphatic heterocycles. The summed E-state index contributed by atoms with van der Waals surface area (Å²) in [5.41, 5.74) is 9.69. The molecule has 100 valence electrons. The third-order valence-corrected chi connectivity index (χ3v) is 2.72. The molecule has 0 heterocycles. The van der Waals surface area contributed by atoms with E-state index in [9.17, 15) is 0 Å². The predicted molar refractivity (Wildman–Crippen MR) is 89.7 cm³/mol. The van der Waals surface area contributed by atoms with Crippen molar-refractivity contribution in [1.82, 2.24) is 5.32 Å². The summed E-state index contributed by atoms with van der Waals surface area (Å²) >= 11 is 0. The monoisotopic (exact) mass is 359 g/mol. The van der Waals surface area contributed by atoms with Gasteiger partial charge < -0.3 is 11.1 Å². The molecule has 1 aromatic rings. The van der Waals surface area contributed by atoms with E-state index in [1.165, 1.54) is 16.7 Å². The quantitative estimate of drug-likeness (QED) is 0.367. The summed E-state index contributed by atoms with van der Waals surface area (Å²) in [4.78, 5) is 4.27. The van der Waals surface area contributed by atoms with Crippen LogP contribution in [0.5, 0.6) is 0 Å². The molecule has 1 rings (SSSR count). The van der Waals surface area contributed by atoms with Gasteiger partial charge in [0, 0.05) is 13.1 Å². The molecule has 0 aliphatic carbocycles. The lowest BCUT2D eigenvalue weighted by Crippen LogP contribution is -2.31. The first kappa shape index (κ1) is 17.0. The van der Waals surface area contributed by atoms with Gasteiger partial charge in [-0.15, -0.1) is 30.6 Å². The van der Waals surface area contributed by atoms with Crippen LogP contribution in [0.25, 0.3) is 0 Å². The molecule has 0 amide bonds. The number of rotatable bonds is 5. The van der Waals surface area contributed by atoms with Crippen LogP contribution in [-0.4, -0.2) is 19.0 Å². The van der Waals surface area contributed by atoms with Gasteiger partial charge in [-0.2, -0.15) is 0 Å². The minimum atomic E-state index is 0. The standard InChI is InChI=1S/C14H21N3.HI/c1-4-9-16-14(15)17-10-8-13-11(2)6-5-7-12(13)3;/h4-7H,1,8-10H2,2-3H3,(H3,15,16,17);1H. The van der Waals surface area contributed by atoms with Gasteiger partial charge in [0.2, 0.25) is 0 Å². The van der Waals surface area contributed by atoms with Gasteiger partial charge in [0.25, 0.3) is 0 Å². The molecule has 0 saturated heterocycles. The van der Waals surface area contributed by atoms with Gasteiger partial charge in [-0.3, -0.25) is 4.99 Å². The molecule has 0 atom stereocenters. The Morgan fingerprint density at radius 1 is 1.39 bits per heavy atom.